The zero-order chi connectivity index (χ0) is 13.8. The molecule has 18 heavy (non-hydrogen) atoms. The van der Waals surface area contributed by atoms with Crippen LogP contribution in [0.5, 0.6) is 0 Å². The Labute approximate surface area is 123 Å². The van der Waals surface area contributed by atoms with Gasteiger partial charge in [-0.05, 0) is 41.9 Å². The minimum Gasteiger partial charge on any atom is -0.292 e. The Kier molecular flexibility index (Phi) is 6.02. The van der Waals surface area contributed by atoms with Crippen molar-refractivity contribution in [2.75, 3.05) is 13.1 Å². The van der Waals surface area contributed by atoms with Crippen LogP contribution in [0, 0.1) is 0 Å². The summed E-state index contributed by atoms with van der Waals surface area (Å²) in [5, 5.41) is 3.93. The third kappa shape index (κ3) is 2.70. The highest BCUT2D eigenvalue weighted by molar-refractivity contribution is 9.10. The van der Waals surface area contributed by atoms with Gasteiger partial charge in [-0.25, -0.2) is 0 Å². The van der Waals surface area contributed by atoms with Crippen LogP contribution in [0.25, 0.3) is 0 Å². The molecule has 0 unspecified atom stereocenters. The Bertz CT molecular complexity index is 394. The monoisotopic (exact) mass is 331 g/mol. The number of hydrogen-bond donors (Lipinski definition) is 0. The molecule has 1 rings (SSSR count). The molecule has 2 nitrogen and oxygen atoms in total. The zero-order valence-corrected chi connectivity index (χ0v) is 14.0. The Morgan fingerprint density at radius 1 is 1.22 bits per heavy atom. The second-order valence-corrected chi connectivity index (χ2v) is 5.97. The Morgan fingerprint density at radius 2 is 1.78 bits per heavy atom. The van der Waals surface area contributed by atoms with E-state index in [4.69, 9.17) is 0 Å². The summed E-state index contributed by atoms with van der Waals surface area (Å²) in [5.74, 6) is 0.254. The van der Waals surface area contributed by atoms with Crippen LogP contribution in [-0.2, 0) is 0 Å². The third-order valence-electron chi connectivity index (χ3n) is 3.82. The quantitative estimate of drug-likeness (QED) is 0.681. The molecule has 0 aliphatic rings. The second-order valence-electron chi connectivity index (χ2n) is 4.37. The number of thiophene rings is 1. The number of nitrogens with zero attached hydrogens (tertiary/aromatic N) is 1. The average molecular weight is 332 g/mol. The van der Waals surface area contributed by atoms with E-state index in [0.717, 1.165) is 36.0 Å². The summed E-state index contributed by atoms with van der Waals surface area (Å²) in [4.78, 5) is 15.2. The third-order valence-corrected chi connectivity index (χ3v) is 5.52. The molecule has 0 N–H and O–H groups in total. The van der Waals surface area contributed by atoms with Gasteiger partial charge in [0.15, 0.2) is 5.78 Å². The lowest BCUT2D eigenvalue weighted by atomic mass is 9.83. The van der Waals surface area contributed by atoms with Gasteiger partial charge in [0.05, 0.1) is 5.54 Å². The molecular weight excluding hydrogens is 310 g/mol. The van der Waals surface area contributed by atoms with Crippen molar-refractivity contribution in [3.05, 3.63) is 20.8 Å². The summed E-state index contributed by atoms with van der Waals surface area (Å²) in [6, 6.07) is 0. The van der Waals surface area contributed by atoms with Crippen LogP contribution >= 0.6 is 27.3 Å². The fourth-order valence-electron chi connectivity index (χ4n) is 2.69. The van der Waals surface area contributed by atoms with Crippen molar-refractivity contribution in [1.82, 2.24) is 4.90 Å². The van der Waals surface area contributed by atoms with Crippen molar-refractivity contribution in [2.24, 2.45) is 0 Å². The van der Waals surface area contributed by atoms with Gasteiger partial charge < -0.3 is 0 Å². The number of hydrogen-bond acceptors (Lipinski definition) is 3. The van der Waals surface area contributed by atoms with Crippen LogP contribution in [0.1, 0.15) is 50.9 Å². The van der Waals surface area contributed by atoms with Crippen molar-refractivity contribution in [3.63, 3.8) is 0 Å². The Hall–Kier alpha value is -0.190. The minimum absolute atomic E-state index is 0.254. The van der Waals surface area contributed by atoms with E-state index in [1.54, 1.807) is 11.3 Å². The van der Waals surface area contributed by atoms with E-state index in [2.05, 4.69) is 48.5 Å². The predicted octanol–water partition coefficient (Wildman–Crippen LogP) is 4.59. The summed E-state index contributed by atoms with van der Waals surface area (Å²) >= 11 is 5.05. The van der Waals surface area contributed by atoms with Gasteiger partial charge in [0.2, 0.25) is 0 Å². The predicted molar refractivity (Wildman–Crippen MR) is 82.6 cm³/mol. The molecule has 0 spiro atoms. The van der Waals surface area contributed by atoms with Gasteiger partial charge in [-0.3, -0.25) is 9.69 Å². The van der Waals surface area contributed by atoms with Crippen LogP contribution in [0.15, 0.2) is 15.2 Å². The minimum atomic E-state index is -0.354. The number of Topliss-reactive ketones (excluding diaryl/α,β-unsaturated/α-hetero) is 1. The highest BCUT2D eigenvalue weighted by Gasteiger charge is 2.40. The highest BCUT2D eigenvalue weighted by atomic mass is 79.9. The van der Waals surface area contributed by atoms with Crippen LogP contribution in [0.4, 0.5) is 0 Å². The number of halogens is 1. The summed E-state index contributed by atoms with van der Waals surface area (Å²) < 4.78 is 0.927. The zero-order valence-electron chi connectivity index (χ0n) is 11.6. The summed E-state index contributed by atoms with van der Waals surface area (Å²) in [5.41, 5.74) is 0.475. The molecule has 0 radical (unpaired) electrons. The molecule has 0 aliphatic carbocycles. The van der Waals surface area contributed by atoms with Gasteiger partial charge >= 0.3 is 0 Å². The second kappa shape index (κ2) is 6.83. The molecule has 0 saturated carbocycles. The normalized spacial score (nSPS) is 12.1. The van der Waals surface area contributed by atoms with E-state index in [-0.39, 0.29) is 11.3 Å². The summed E-state index contributed by atoms with van der Waals surface area (Å²) in [7, 11) is 0. The molecule has 0 amide bonds. The van der Waals surface area contributed by atoms with Crippen LogP contribution in [0.3, 0.4) is 0 Å². The smallest absolute Gasteiger partial charge is 0.185 e. The first-order chi connectivity index (χ1) is 8.57. The van der Waals surface area contributed by atoms with E-state index in [1.807, 2.05) is 10.8 Å². The van der Waals surface area contributed by atoms with Crippen molar-refractivity contribution in [2.45, 2.75) is 46.1 Å². The van der Waals surface area contributed by atoms with E-state index in [1.165, 1.54) is 0 Å². The van der Waals surface area contributed by atoms with E-state index < -0.39 is 0 Å². The van der Waals surface area contributed by atoms with Crippen LogP contribution < -0.4 is 0 Å². The molecule has 0 fully saturated rings. The van der Waals surface area contributed by atoms with E-state index in [9.17, 15) is 4.79 Å². The van der Waals surface area contributed by atoms with Crippen LogP contribution in [-0.4, -0.2) is 29.3 Å². The lowest BCUT2D eigenvalue weighted by Crippen LogP contribution is -2.53. The molecule has 1 aromatic heterocycles. The molecule has 1 heterocycles. The van der Waals surface area contributed by atoms with Gasteiger partial charge in [0.25, 0.3) is 0 Å². The molecule has 0 saturated heterocycles. The molecule has 0 aliphatic heterocycles. The van der Waals surface area contributed by atoms with Crippen molar-refractivity contribution < 1.29 is 4.79 Å². The van der Waals surface area contributed by atoms with Crippen molar-refractivity contribution in [1.29, 1.82) is 0 Å². The fraction of sp³-hybridized carbons (Fsp3) is 0.643. The molecule has 0 aromatic carbocycles. The van der Waals surface area contributed by atoms with E-state index in [0.29, 0.717) is 0 Å². The molecule has 4 heteroatoms. The topological polar surface area (TPSA) is 20.3 Å². The highest BCUT2D eigenvalue weighted by Crippen LogP contribution is 2.32. The standard InChI is InChI=1S/C14H22BrNOS/c1-5-14(6-2,16(7-3)8-4)13(17)11-9-18-10-12(11)15/h9-10H,5-8H2,1-4H3. The van der Waals surface area contributed by atoms with Gasteiger partial charge in [-0.2, -0.15) is 11.3 Å². The molecule has 102 valence electrons. The lowest BCUT2D eigenvalue weighted by Gasteiger charge is -2.40. The maximum Gasteiger partial charge on any atom is 0.185 e. The van der Waals surface area contributed by atoms with Gasteiger partial charge in [0.1, 0.15) is 0 Å². The molecule has 0 bridgehead atoms. The Morgan fingerprint density at radius 3 is 2.11 bits per heavy atom. The van der Waals surface area contributed by atoms with Crippen molar-refractivity contribution >= 4 is 33.0 Å². The van der Waals surface area contributed by atoms with Gasteiger partial charge in [0, 0.05) is 20.8 Å². The fourth-order valence-corrected chi connectivity index (χ4v) is 4.14. The number of rotatable bonds is 7. The first-order valence-electron chi connectivity index (χ1n) is 6.58. The largest absolute Gasteiger partial charge is 0.292 e. The molecule has 0 atom stereocenters. The maximum absolute atomic E-state index is 12.9. The first kappa shape index (κ1) is 15.9. The molecular formula is C14H22BrNOS. The van der Waals surface area contributed by atoms with E-state index >= 15 is 0 Å². The number of carbonyl (C=O) groups excluding carboxylic acids is 1. The Balaban J connectivity index is 3.20. The molecule has 1 aromatic rings. The summed E-state index contributed by atoms with van der Waals surface area (Å²) in [6.07, 6.45) is 1.71. The average Bonchev–Trinajstić information content (AvgIpc) is 2.81. The first-order valence-corrected chi connectivity index (χ1v) is 8.32. The van der Waals surface area contributed by atoms with Gasteiger partial charge in [-0.15, -0.1) is 0 Å². The lowest BCUT2D eigenvalue weighted by molar-refractivity contribution is 0.0534. The SMILES string of the molecule is CCN(CC)C(CC)(CC)C(=O)c1cscc1Br. The van der Waals surface area contributed by atoms with Crippen molar-refractivity contribution in [3.8, 4) is 0 Å². The van der Waals surface area contributed by atoms with Crippen LogP contribution in [0.2, 0.25) is 0 Å². The maximum atomic E-state index is 12.9. The summed E-state index contributed by atoms with van der Waals surface area (Å²) in [6.45, 7) is 10.3. The van der Waals surface area contributed by atoms with Gasteiger partial charge in [-0.1, -0.05) is 27.7 Å². The number of ketones is 1. The number of likely N-dealkylation sites (N-methyl/N-ethyl adjacent to an activating group) is 1. The number of carbonyl (C=O) groups is 1.